The van der Waals surface area contributed by atoms with Crippen LogP contribution in [0.15, 0.2) is 47.0 Å². The lowest BCUT2D eigenvalue weighted by Gasteiger charge is -2.08. The fraction of sp³-hybridized carbons (Fsp3) is 0.250. The largest absolute Gasteiger partial charge is 0.471 e. The van der Waals surface area contributed by atoms with Gasteiger partial charge in [0.05, 0.1) is 0 Å². The van der Waals surface area contributed by atoms with Crippen LogP contribution in [0.4, 0.5) is 13.2 Å². The van der Waals surface area contributed by atoms with Crippen molar-refractivity contribution in [3.05, 3.63) is 70.6 Å². The SMILES string of the molecule is Cc1cccc(C)c1C(=O)CCc1ccc(-c2noc(C(F)(F)F)n2)cc1. The first-order valence-electron chi connectivity index (χ1n) is 8.35. The topological polar surface area (TPSA) is 56.0 Å². The maximum Gasteiger partial charge on any atom is 0.471 e. The minimum atomic E-state index is -4.67. The van der Waals surface area contributed by atoms with Crippen LogP contribution in [0, 0.1) is 13.8 Å². The Morgan fingerprint density at radius 2 is 1.67 bits per heavy atom. The molecule has 0 unspecified atom stereocenters. The summed E-state index contributed by atoms with van der Waals surface area (Å²) in [5.41, 5.74) is 3.97. The molecule has 27 heavy (non-hydrogen) atoms. The third kappa shape index (κ3) is 4.24. The first-order chi connectivity index (χ1) is 12.8. The quantitative estimate of drug-likeness (QED) is 0.577. The number of hydrogen-bond acceptors (Lipinski definition) is 4. The van der Waals surface area contributed by atoms with E-state index in [1.54, 1.807) is 24.3 Å². The molecule has 0 atom stereocenters. The van der Waals surface area contributed by atoms with E-state index in [1.165, 1.54) is 0 Å². The Morgan fingerprint density at radius 1 is 1.04 bits per heavy atom. The molecular formula is C20H17F3N2O2. The van der Waals surface area contributed by atoms with E-state index in [0.717, 1.165) is 22.3 Å². The summed E-state index contributed by atoms with van der Waals surface area (Å²) in [5.74, 6) is -1.43. The number of aryl methyl sites for hydroxylation is 3. The molecule has 0 aliphatic heterocycles. The fourth-order valence-corrected chi connectivity index (χ4v) is 2.91. The van der Waals surface area contributed by atoms with Crippen molar-refractivity contribution < 1.29 is 22.5 Å². The van der Waals surface area contributed by atoms with Crippen molar-refractivity contribution in [2.45, 2.75) is 32.9 Å². The van der Waals surface area contributed by atoms with Gasteiger partial charge in [0.1, 0.15) is 0 Å². The normalized spacial score (nSPS) is 11.6. The average Bonchev–Trinajstić information content (AvgIpc) is 3.11. The van der Waals surface area contributed by atoms with Gasteiger partial charge in [0.25, 0.3) is 0 Å². The summed E-state index contributed by atoms with van der Waals surface area (Å²) in [7, 11) is 0. The van der Waals surface area contributed by atoms with Gasteiger partial charge in [0.2, 0.25) is 5.82 Å². The Morgan fingerprint density at radius 3 is 2.22 bits per heavy atom. The highest BCUT2D eigenvalue weighted by Gasteiger charge is 2.38. The van der Waals surface area contributed by atoms with Crippen molar-refractivity contribution in [3.8, 4) is 11.4 Å². The first-order valence-corrected chi connectivity index (χ1v) is 8.35. The predicted molar refractivity (Wildman–Crippen MR) is 93.3 cm³/mol. The van der Waals surface area contributed by atoms with Crippen LogP contribution < -0.4 is 0 Å². The molecule has 3 aromatic rings. The average molecular weight is 374 g/mol. The highest BCUT2D eigenvalue weighted by Crippen LogP contribution is 2.29. The van der Waals surface area contributed by atoms with E-state index >= 15 is 0 Å². The van der Waals surface area contributed by atoms with Gasteiger partial charge in [-0.1, -0.05) is 47.6 Å². The third-order valence-corrected chi connectivity index (χ3v) is 4.28. The summed E-state index contributed by atoms with van der Waals surface area (Å²) in [5, 5.41) is 3.36. The Hall–Kier alpha value is -2.96. The number of ketones is 1. The molecule has 1 heterocycles. The molecule has 4 nitrogen and oxygen atoms in total. The lowest BCUT2D eigenvalue weighted by Crippen LogP contribution is -2.06. The van der Waals surface area contributed by atoms with Gasteiger partial charge in [-0.05, 0) is 37.0 Å². The molecular weight excluding hydrogens is 357 g/mol. The van der Waals surface area contributed by atoms with E-state index in [-0.39, 0.29) is 11.6 Å². The zero-order chi connectivity index (χ0) is 19.6. The molecule has 1 aromatic heterocycles. The maximum absolute atomic E-state index is 12.5. The van der Waals surface area contributed by atoms with E-state index in [1.807, 2.05) is 32.0 Å². The Labute approximate surface area is 154 Å². The predicted octanol–water partition coefficient (Wildman–Crippen LogP) is 5.19. The van der Waals surface area contributed by atoms with Crippen molar-refractivity contribution >= 4 is 5.78 Å². The number of halogens is 3. The van der Waals surface area contributed by atoms with Gasteiger partial charge in [-0.25, -0.2) is 0 Å². The van der Waals surface area contributed by atoms with Gasteiger partial charge in [-0.3, -0.25) is 4.79 Å². The van der Waals surface area contributed by atoms with E-state index < -0.39 is 12.1 Å². The fourth-order valence-electron chi connectivity index (χ4n) is 2.91. The molecule has 0 fully saturated rings. The molecule has 0 aliphatic rings. The van der Waals surface area contributed by atoms with Crippen LogP contribution in [0.2, 0.25) is 0 Å². The first kappa shape index (κ1) is 18.8. The van der Waals surface area contributed by atoms with Crippen molar-refractivity contribution in [1.82, 2.24) is 10.1 Å². The van der Waals surface area contributed by atoms with Gasteiger partial charge in [-0.2, -0.15) is 18.2 Å². The second kappa shape index (κ2) is 7.34. The molecule has 0 radical (unpaired) electrons. The number of alkyl halides is 3. The molecule has 140 valence electrons. The number of benzene rings is 2. The lowest BCUT2D eigenvalue weighted by molar-refractivity contribution is -0.159. The smallest absolute Gasteiger partial charge is 0.329 e. The Kier molecular flexibility index (Phi) is 5.12. The molecule has 0 spiro atoms. The maximum atomic E-state index is 12.5. The molecule has 0 saturated heterocycles. The number of rotatable bonds is 5. The number of hydrogen-bond donors (Lipinski definition) is 0. The highest BCUT2D eigenvalue weighted by atomic mass is 19.4. The van der Waals surface area contributed by atoms with Crippen molar-refractivity contribution in [2.75, 3.05) is 0 Å². The van der Waals surface area contributed by atoms with Crippen LogP contribution in [-0.4, -0.2) is 15.9 Å². The molecule has 7 heteroatoms. The number of carbonyl (C=O) groups excluding carboxylic acids is 1. The minimum Gasteiger partial charge on any atom is -0.329 e. The van der Waals surface area contributed by atoms with Crippen LogP contribution in [0.3, 0.4) is 0 Å². The van der Waals surface area contributed by atoms with Crippen LogP contribution in [-0.2, 0) is 12.6 Å². The number of Topliss-reactive ketones (excluding diaryl/α,β-unsaturated/α-hetero) is 1. The third-order valence-electron chi connectivity index (χ3n) is 4.28. The number of carbonyl (C=O) groups is 1. The van der Waals surface area contributed by atoms with Crippen molar-refractivity contribution in [1.29, 1.82) is 0 Å². The van der Waals surface area contributed by atoms with E-state index in [2.05, 4.69) is 14.7 Å². The van der Waals surface area contributed by atoms with Crippen LogP contribution >= 0.6 is 0 Å². The van der Waals surface area contributed by atoms with E-state index in [0.29, 0.717) is 18.4 Å². The molecule has 2 aromatic carbocycles. The summed E-state index contributed by atoms with van der Waals surface area (Å²) in [6.45, 7) is 3.82. The lowest BCUT2D eigenvalue weighted by atomic mass is 9.95. The molecule has 0 amide bonds. The second-order valence-corrected chi connectivity index (χ2v) is 6.31. The molecule has 0 saturated carbocycles. The highest BCUT2D eigenvalue weighted by molar-refractivity contribution is 5.98. The molecule has 3 rings (SSSR count). The molecule has 0 N–H and O–H groups in total. The number of aromatic nitrogens is 2. The summed E-state index contributed by atoms with van der Waals surface area (Å²) in [4.78, 5) is 15.9. The summed E-state index contributed by atoms with van der Waals surface area (Å²) in [6, 6.07) is 12.5. The zero-order valence-corrected chi connectivity index (χ0v) is 14.8. The van der Waals surface area contributed by atoms with Gasteiger partial charge in [-0.15, -0.1) is 0 Å². The van der Waals surface area contributed by atoms with Gasteiger partial charge >= 0.3 is 12.1 Å². The molecule has 0 aliphatic carbocycles. The van der Waals surface area contributed by atoms with E-state index in [9.17, 15) is 18.0 Å². The standard InChI is InChI=1S/C20H17F3N2O2/c1-12-4-3-5-13(2)17(12)16(26)11-8-14-6-9-15(10-7-14)18-24-19(27-25-18)20(21,22)23/h3-7,9-10H,8,11H2,1-2H3. The summed E-state index contributed by atoms with van der Waals surface area (Å²) < 4.78 is 41.8. The van der Waals surface area contributed by atoms with Crippen LogP contribution in [0.25, 0.3) is 11.4 Å². The minimum absolute atomic E-state index is 0.0719. The summed E-state index contributed by atoms with van der Waals surface area (Å²) in [6.07, 6.45) is -3.78. The van der Waals surface area contributed by atoms with Crippen LogP contribution in [0.5, 0.6) is 0 Å². The monoisotopic (exact) mass is 374 g/mol. The molecule has 0 bridgehead atoms. The van der Waals surface area contributed by atoms with Crippen molar-refractivity contribution in [3.63, 3.8) is 0 Å². The van der Waals surface area contributed by atoms with Gasteiger partial charge in [0, 0.05) is 17.5 Å². The van der Waals surface area contributed by atoms with E-state index in [4.69, 9.17) is 0 Å². The van der Waals surface area contributed by atoms with Crippen molar-refractivity contribution in [2.24, 2.45) is 0 Å². The zero-order valence-electron chi connectivity index (χ0n) is 14.8. The summed E-state index contributed by atoms with van der Waals surface area (Å²) >= 11 is 0. The van der Waals surface area contributed by atoms with Gasteiger partial charge in [0.15, 0.2) is 5.78 Å². The Balaban J connectivity index is 1.68. The Bertz CT molecular complexity index is 940. The number of nitrogens with zero attached hydrogens (tertiary/aromatic N) is 2. The second-order valence-electron chi connectivity index (χ2n) is 6.31. The van der Waals surface area contributed by atoms with Crippen LogP contribution in [0.1, 0.15) is 39.4 Å². The van der Waals surface area contributed by atoms with Gasteiger partial charge < -0.3 is 4.52 Å².